The first-order valence-corrected chi connectivity index (χ1v) is 13.4. The first-order chi connectivity index (χ1) is 15.5. The quantitative estimate of drug-likeness (QED) is 0.627. The molecule has 0 amide bonds. The second-order valence-corrected chi connectivity index (χ2v) is 11.9. The Morgan fingerprint density at radius 2 is 1.15 bits per heavy atom. The lowest BCUT2D eigenvalue weighted by Crippen LogP contribution is -2.48. The highest BCUT2D eigenvalue weighted by Gasteiger charge is 2.33. The van der Waals surface area contributed by atoms with Crippen molar-refractivity contribution in [2.45, 2.75) is 28.8 Å². The highest BCUT2D eigenvalue weighted by molar-refractivity contribution is 7.89. The average molecular weight is 504 g/mol. The molecule has 2 saturated heterocycles. The monoisotopic (exact) mass is 503 g/mol. The van der Waals surface area contributed by atoms with Crippen LogP contribution in [0.25, 0.3) is 0 Å². The Labute approximate surface area is 191 Å². The van der Waals surface area contributed by atoms with Crippen LogP contribution in [-0.2, 0) is 26.2 Å². The normalized spacial score (nSPS) is 19.2. The van der Waals surface area contributed by atoms with Gasteiger partial charge in [-0.25, -0.2) is 16.8 Å². The van der Waals surface area contributed by atoms with E-state index in [9.17, 15) is 30.0 Å². The van der Waals surface area contributed by atoms with Crippen LogP contribution in [0.15, 0.2) is 58.3 Å². The Hall–Kier alpha value is -2.15. The highest BCUT2D eigenvalue weighted by Crippen LogP contribution is 2.32. The molecule has 0 N–H and O–H groups in total. The van der Waals surface area contributed by atoms with E-state index in [0.717, 1.165) is 25.0 Å². The predicted molar refractivity (Wildman–Crippen MR) is 117 cm³/mol. The first kappa shape index (κ1) is 24.0. The molecule has 2 aliphatic heterocycles. The van der Waals surface area contributed by atoms with Gasteiger partial charge < -0.3 is 4.90 Å². The zero-order valence-corrected chi connectivity index (χ0v) is 19.3. The molecule has 0 spiro atoms. The molecule has 0 unspecified atom stereocenters. The van der Waals surface area contributed by atoms with Crippen LogP contribution in [-0.4, -0.2) is 64.7 Å². The third-order valence-corrected chi connectivity index (χ3v) is 9.77. The molecule has 0 radical (unpaired) electrons. The van der Waals surface area contributed by atoms with Crippen LogP contribution in [0.5, 0.6) is 0 Å². The average Bonchev–Trinajstić information content (AvgIpc) is 3.35. The summed E-state index contributed by atoms with van der Waals surface area (Å²) in [6.07, 6.45) is -2.84. The molecule has 2 heterocycles. The van der Waals surface area contributed by atoms with Crippen LogP contribution in [0, 0.1) is 0 Å². The van der Waals surface area contributed by atoms with Gasteiger partial charge in [-0.15, -0.1) is 0 Å². The van der Waals surface area contributed by atoms with Crippen molar-refractivity contribution in [3.63, 3.8) is 0 Å². The molecule has 2 fully saturated rings. The summed E-state index contributed by atoms with van der Waals surface area (Å²) < 4.78 is 93.0. The number of alkyl halides is 3. The minimum absolute atomic E-state index is 0.0182. The van der Waals surface area contributed by atoms with Gasteiger partial charge in [-0.3, -0.25) is 0 Å². The fourth-order valence-electron chi connectivity index (χ4n) is 4.08. The van der Waals surface area contributed by atoms with Crippen molar-refractivity contribution < 1.29 is 30.0 Å². The van der Waals surface area contributed by atoms with Gasteiger partial charge in [-0.1, -0.05) is 6.07 Å². The van der Waals surface area contributed by atoms with Crippen molar-refractivity contribution in [2.24, 2.45) is 0 Å². The molecule has 180 valence electrons. The zero-order valence-electron chi connectivity index (χ0n) is 17.7. The van der Waals surface area contributed by atoms with Crippen LogP contribution in [0.4, 0.5) is 18.9 Å². The maximum atomic E-state index is 13.0. The van der Waals surface area contributed by atoms with Crippen molar-refractivity contribution in [1.29, 1.82) is 0 Å². The van der Waals surface area contributed by atoms with Crippen molar-refractivity contribution in [3.8, 4) is 0 Å². The van der Waals surface area contributed by atoms with Crippen LogP contribution in [0.1, 0.15) is 18.4 Å². The lowest BCUT2D eigenvalue weighted by molar-refractivity contribution is -0.137. The van der Waals surface area contributed by atoms with E-state index < -0.39 is 31.8 Å². The van der Waals surface area contributed by atoms with Gasteiger partial charge in [0.25, 0.3) is 0 Å². The summed E-state index contributed by atoms with van der Waals surface area (Å²) in [5.74, 6) is 0. The Kier molecular flexibility index (Phi) is 6.47. The van der Waals surface area contributed by atoms with Gasteiger partial charge in [0.05, 0.1) is 15.4 Å². The Morgan fingerprint density at radius 1 is 0.667 bits per heavy atom. The molecular weight excluding hydrogens is 479 g/mol. The SMILES string of the molecule is O=S(=O)(c1ccc(S(=O)(=O)N2CCN(c3cccc(C(F)(F)F)c3)CC2)cc1)N1CCCC1. The van der Waals surface area contributed by atoms with Gasteiger partial charge in [-0.05, 0) is 55.3 Å². The molecule has 2 aliphatic rings. The molecular formula is C21H24F3N3O4S2. The third kappa shape index (κ3) is 4.88. The van der Waals surface area contributed by atoms with Crippen molar-refractivity contribution in [3.05, 3.63) is 54.1 Å². The molecule has 0 bridgehead atoms. The number of rotatable bonds is 5. The van der Waals surface area contributed by atoms with E-state index >= 15 is 0 Å². The molecule has 0 atom stereocenters. The standard InChI is InChI=1S/C21H24F3N3O4S2/c22-21(23,24)17-4-3-5-18(16-17)25-12-14-27(15-13-25)33(30,31)20-8-6-19(7-9-20)32(28,29)26-10-1-2-11-26/h3-9,16H,1-2,10-15H2. The predicted octanol–water partition coefficient (Wildman–Crippen LogP) is 3.00. The Balaban J connectivity index is 1.45. The molecule has 4 rings (SSSR count). The van der Waals surface area contributed by atoms with E-state index in [0.29, 0.717) is 18.8 Å². The van der Waals surface area contributed by atoms with E-state index in [2.05, 4.69) is 0 Å². The lowest BCUT2D eigenvalue weighted by Gasteiger charge is -2.35. The fourth-order valence-corrected chi connectivity index (χ4v) is 7.02. The second-order valence-electron chi connectivity index (χ2n) is 8.02. The number of sulfonamides is 2. The van der Waals surface area contributed by atoms with Gasteiger partial charge >= 0.3 is 6.18 Å². The molecule has 12 heteroatoms. The molecule has 0 aliphatic carbocycles. The number of anilines is 1. The summed E-state index contributed by atoms with van der Waals surface area (Å²) >= 11 is 0. The Bertz CT molecular complexity index is 1200. The van der Waals surface area contributed by atoms with Gasteiger partial charge in [0.1, 0.15) is 0 Å². The summed E-state index contributed by atoms with van der Waals surface area (Å²) in [4.78, 5) is 1.75. The summed E-state index contributed by atoms with van der Waals surface area (Å²) in [7, 11) is -7.50. The summed E-state index contributed by atoms with van der Waals surface area (Å²) in [6, 6.07) is 10.1. The maximum absolute atomic E-state index is 13.0. The van der Waals surface area contributed by atoms with Crippen LogP contribution in [0.2, 0.25) is 0 Å². The van der Waals surface area contributed by atoms with Gasteiger partial charge in [0, 0.05) is 45.0 Å². The van der Waals surface area contributed by atoms with E-state index in [-0.39, 0.29) is 36.0 Å². The Morgan fingerprint density at radius 3 is 1.64 bits per heavy atom. The molecule has 2 aromatic carbocycles. The fraction of sp³-hybridized carbons (Fsp3) is 0.429. The number of benzene rings is 2. The first-order valence-electron chi connectivity index (χ1n) is 10.5. The summed E-state index contributed by atoms with van der Waals surface area (Å²) in [5, 5.41) is 0. The van der Waals surface area contributed by atoms with Gasteiger partial charge in [-0.2, -0.15) is 21.8 Å². The molecule has 0 aromatic heterocycles. The number of halogens is 3. The number of hydrogen-bond acceptors (Lipinski definition) is 5. The second kappa shape index (κ2) is 8.90. The van der Waals surface area contributed by atoms with Gasteiger partial charge in [0.2, 0.25) is 20.0 Å². The van der Waals surface area contributed by atoms with Crippen LogP contribution < -0.4 is 4.90 Å². The van der Waals surface area contributed by atoms with E-state index in [1.54, 1.807) is 11.0 Å². The number of hydrogen-bond donors (Lipinski definition) is 0. The largest absolute Gasteiger partial charge is 0.416 e. The van der Waals surface area contributed by atoms with Crippen molar-refractivity contribution >= 4 is 25.7 Å². The van der Waals surface area contributed by atoms with Crippen LogP contribution in [0.3, 0.4) is 0 Å². The molecule has 2 aromatic rings. The minimum Gasteiger partial charge on any atom is -0.369 e. The van der Waals surface area contributed by atoms with Crippen molar-refractivity contribution in [1.82, 2.24) is 8.61 Å². The molecule has 7 nitrogen and oxygen atoms in total. The lowest BCUT2D eigenvalue weighted by atomic mass is 10.1. The minimum atomic E-state index is -4.45. The van der Waals surface area contributed by atoms with E-state index in [4.69, 9.17) is 0 Å². The smallest absolute Gasteiger partial charge is 0.369 e. The van der Waals surface area contributed by atoms with Crippen LogP contribution >= 0.6 is 0 Å². The van der Waals surface area contributed by atoms with E-state index in [1.165, 1.54) is 38.9 Å². The maximum Gasteiger partial charge on any atom is 0.416 e. The molecule has 33 heavy (non-hydrogen) atoms. The third-order valence-electron chi connectivity index (χ3n) is 5.94. The number of piperazine rings is 1. The topological polar surface area (TPSA) is 78.0 Å². The van der Waals surface area contributed by atoms with Gasteiger partial charge in [0.15, 0.2) is 0 Å². The van der Waals surface area contributed by atoms with E-state index in [1.807, 2.05) is 0 Å². The van der Waals surface area contributed by atoms with Crippen molar-refractivity contribution in [2.75, 3.05) is 44.2 Å². The number of nitrogens with zero attached hydrogens (tertiary/aromatic N) is 3. The summed E-state index contributed by atoms with van der Waals surface area (Å²) in [6.45, 7) is 1.60. The zero-order chi connectivity index (χ0) is 23.9. The summed E-state index contributed by atoms with van der Waals surface area (Å²) in [5.41, 5.74) is -0.364. The highest BCUT2D eigenvalue weighted by atomic mass is 32.2. The molecule has 0 saturated carbocycles.